The summed E-state index contributed by atoms with van der Waals surface area (Å²) in [6.07, 6.45) is 20.0. The van der Waals surface area contributed by atoms with Crippen molar-refractivity contribution in [3.8, 4) is 0 Å². The van der Waals surface area contributed by atoms with Crippen molar-refractivity contribution >= 4 is 43.6 Å². The van der Waals surface area contributed by atoms with E-state index in [2.05, 4.69) is 65.6 Å². The lowest BCUT2D eigenvalue weighted by atomic mass is 9.82. The minimum Gasteiger partial charge on any atom is -0.384 e. The molecule has 3 aliphatic rings. The lowest BCUT2D eigenvalue weighted by Gasteiger charge is -2.31. The summed E-state index contributed by atoms with van der Waals surface area (Å²) in [5.41, 5.74) is 6.57. The van der Waals surface area contributed by atoms with Gasteiger partial charge in [0.15, 0.2) is 0 Å². The number of nitrogens with zero attached hydrogens (tertiary/aromatic N) is 4. The second-order valence-electron chi connectivity index (χ2n) is 14.4. The number of hydrogen-bond acceptors (Lipinski definition) is 5. The van der Waals surface area contributed by atoms with E-state index < -0.39 is 5.60 Å². The van der Waals surface area contributed by atoms with Crippen molar-refractivity contribution in [2.24, 2.45) is 0 Å². The van der Waals surface area contributed by atoms with Crippen LogP contribution in [0.4, 0.5) is 0 Å². The van der Waals surface area contributed by atoms with Crippen LogP contribution in [0.15, 0.2) is 79.0 Å². The quantitative estimate of drug-likeness (QED) is 0.199. The second kappa shape index (κ2) is 13.3. The van der Waals surface area contributed by atoms with Crippen LogP contribution in [0, 0.1) is 0 Å². The van der Waals surface area contributed by atoms with Crippen molar-refractivity contribution in [1.29, 1.82) is 0 Å². The summed E-state index contributed by atoms with van der Waals surface area (Å²) in [5.74, 6) is 1.23. The molecule has 3 saturated carbocycles. The maximum Gasteiger partial charge on any atom is 0.107 e. The first-order valence-electron chi connectivity index (χ1n) is 18.2. The molecule has 5 nitrogen and oxygen atoms in total. The number of hydrogen-bond donors (Lipinski definition) is 1. The number of benzene rings is 2. The zero-order valence-corrected chi connectivity index (χ0v) is 27.5. The van der Waals surface area contributed by atoms with Crippen LogP contribution in [0.1, 0.15) is 125 Å². The van der Waals surface area contributed by atoms with Crippen LogP contribution in [-0.4, -0.2) is 25.0 Å². The Morgan fingerprint density at radius 3 is 1.49 bits per heavy atom. The van der Waals surface area contributed by atoms with E-state index >= 15 is 0 Å². The predicted molar refractivity (Wildman–Crippen MR) is 193 cm³/mol. The van der Waals surface area contributed by atoms with E-state index in [9.17, 15) is 5.11 Å². The Hall–Kier alpha value is -3.96. The summed E-state index contributed by atoms with van der Waals surface area (Å²) in [5, 5.41) is 15.8. The van der Waals surface area contributed by atoms with E-state index in [1.807, 2.05) is 18.3 Å². The first kappa shape index (κ1) is 30.4. The van der Waals surface area contributed by atoms with E-state index in [0.717, 1.165) is 64.2 Å². The molecule has 3 aliphatic carbocycles. The van der Waals surface area contributed by atoms with Crippen LogP contribution in [-0.2, 0) is 5.60 Å². The van der Waals surface area contributed by atoms with E-state index in [-0.39, 0.29) is 0 Å². The zero-order valence-electron chi connectivity index (χ0n) is 27.5. The number of aromatic nitrogens is 4. The van der Waals surface area contributed by atoms with Gasteiger partial charge in [0.05, 0.1) is 27.8 Å². The monoisotopic (exact) mass is 622 g/mol. The smallest absolute Gasteiger partial charge is 0.107 e. The van der Waals surface area contributed by atoms with Crippen molar-refractivity contribution < 1.29 is 5.11 Å². The molecular weight excluding hydrogens is 576 g/mol. The van der Waals surface area contributed by atoms with Crippen LogP contribution < -0.4 is 0 Å². The molecule has 4 aromatic heterocycles. The molecule has 0 bridgehead atoms. The van der Waals surface area contributed by atoms with Crippen molar-refractivity contribution in [1.82, 2.24) is 19.9 Å². The SMILES string of the molecule is OC1(c2ccc3ccc4ccc(C5CCCCC5)nc4c3n2)CCCCC1.c1cnc2c(c1)ccc1ccc(C3CCCCC3)nc12. The Morgan fingerprint density at radius 1 is 0.468 bits per heavy atom. The molecule has 5 heteroatoms. The van der Waals surface area contributed by atoms with Crippen molar-refractivity contribution in [2.75, 3.05) is 0 Å². The third kappa shape index (κ3) is 6.23. The molecule has 0 amide bonds. The van der Waals surface area contributed by atoms with E-state index in [0.29, 0.717) is 11.8 Å². The first-order valence-corrected chi connectivity index (χ1v) is 18.2. The molecule has 9 rings (SSSR count). The molecule has 0 radical (unpaired) electrons. The van der Waals surface area contributed by atoms with E-state index in [1.54, 1.807) is 0 Å². The summed E-state index contributed by atoms with van der Waals surface area (Å²) < 4.78 is 0. The highest BCUT2D eigenvalue weighted by Crippen LogP contribution is 2.38. The summed E-state index contributed by atoms with van der Waals surface area (Å²) >= 11 is 0. The van der Waals surface area contributed by atoms with Gasteiger partial charge in [0.25, 0.3) is 0 Å². The summed E-state index contributed by atoms with van der Waals surface area (Å²) in [4.78, 5) is 19.6. The molecule has 2 aromatic carbocycles. The predicted octanol–water partition coefficient (Wildman–Crippen LogP) is 10.8. The zero-order chi connectivity index (χ0) is 31.6. The fourth-order valence-corrected chi connectivity index (χ4v) is 8.43. The molecule has 0 saturated heterocycles. The van der Waals surface area contributed by atoms with Gasteiger partial charge in [0.2, 0.25) is 0 Å². The van der Waals surface area contributed by atoms with Crippen molar-refractivity contribution in [3.05, 3.63) is 96.1 Å². The van der Waals surface area contributed by atoms with Gasteiger partial charge in [0.1, 0.15) is 5.60 Å². The molecule has 3 fully saturated rings. The van der Waals surface area contributed by atoms with Crippen LogP contribution in [0.3, 0.4) is 0 Å². The fraction of sp³-hybridized carbons (Fsp3) is 0.429. The van der Waals surface area contributed by atoms with Gasteiger partial charge in [-0.2, -0.15) is 0 Å². The van der Waals surface area contributed by atoms with Crippen LogP contribution in [0.5, 0.6) is 0 Å². The number of pyridine rings is 4. The minimum atomic E-state index is -0.768. The maximum atomic E-state index is 11.1. The van der Waals surface area contributed by atoms with Gasteiger partial charge in [0, 0.05) is 51.0 Å². The summed E-state index contributed by atoms with van der Waals surface area (Å²) in [6.45, 7) is 0. The lowest BCUT2D eigenvalue weighted by molar-refractivity contribution is -0.00433. The molecule has 0 aliphatic heterocycles. The van der Waals surface area contributed by atoms with Gasteiger partial charge < -0.3 is 5.11 Å². The van der Waals surface area contributed by atoms with Crippen molar-refractivity contribution in [2.45, 2.75) is 114 Å². The van der Waals surface area contributed by atoms with Crippen LogP contribution >= 0.6 is 0 Å². The van der Waals surface area contributed by atoms with E-state index in [4.69, 9.17) is 15.0 Å². The highest BCUT2D eigenvalue weighted by molar-refractivity contribution is 6.03. The standard InChI is InChI=1S/C24H28N2O.C18H18N2/c27-24(15-5-2-6-16-24)21-14-12-19-10-9-18-11-13-20(17-7-3-1-4-8-17)25-22(18)23(19)26-21;1-2-5-13(6-3-1)16-11-10-15-9-8-14-7-4-12-19-17(14)18(15)20-16/h9-14,17,27H,1-8,15-16H2;4,7-13H,1-3,5-6H2. The molecular formula is C42H46N4O. The molecule has 0 atom stereocenters. The normalized spacial score (nSPS) is 19.2. The summed E-state index contributed by atoms with van der Waals surface area (Å²) in [7, 11) is 0. The Labute approximate surface area is 277 Å². The van der Waals surface area contributed by atoms with Gasteiger partial charge >= 0.3 is 0 Å². The number of rotatable bonds is 3. The van der Waals surface area contributed by atoms with Gasteiger partial charge in [-0.3, -0.25) is 15.0 Å². The third-order valence-electron chi connectivity index (χ3n) is 11.2. The number of fused-ring (bicyclic) bond motifs is 6. The largest absolute Gasteiger partial charge is 0.384 e. The highest BCUT2D eigenvalue weighted by atomic mass is 16.3. The average Bonchev–Trinajstić information content (AvgIpc) is 3.15. The molecule has 4 heterocycles. The molecule has 240 valence electrons. The van der Waals surface area contributed by atoms with Gasteiger partial charge in [-0.05, 0) is 62.8 Å². The van der Waals surface area contributed by atoms with Gasteiger partial charge in [-0.15, -0.1) is 0 Å². The molecule has 0 spiro atoms. The van der Waals surface area contributed by atoms with Crippen LogP contribution in [0.25, 0.3) is 43.6 Å². The van der Waals surface area contributed by atoms with Crippen LogP contribution in [0.2, 0.25) is 0 Å². The highest BCUT2D eigenvalue weighted by Gasteiger charge is 2.32. The van der Waals surface area contributed by atoms with Gasteiger partial charge in [-0.1, -0.05) is 106 Å². The fourth-order valence-electron chi connectivity index (χ4n) is 8.43. The first-order chi connectivity index (χ1) is 23.1. The second-order valence-corrected chi connectivity index (χ2v) is 14.4. The minimum absolute atomic E-state index is 0.587. The maximum absolute atomic E-state index is 11.1. The lowest BCUT2D eigenvalue weighted by Crippen LogP contribution is -2.29. The summed E-state index contributed by atoms with van der Waals surface area (Å²) in [6, 6.07) is 25.6. The Kier molecular flexibility index (Phi) is 8.58. The Balaban J connectivity index is 0.000000144. The molecule has 0 unspecified atom stereocenters. The Morgan fingerprint density at radius 2 is 0.915 bits per heavy atom. The molecule has 6 aromatic rings. The van der Waals surface area contributed by atoms with Crippen molar-refractivity contribution in [3.63, 3.8) is 0 Å². The van der Waals surface area contributed by atoms with E-state index in [1.165, 1.54) is 92.8 Å². The number of aliphatic hydroxyl groups is 1. The topological polar surface area (TPSA) is 71.8 Å². The molecule has 47 heavy (non-hydrogen) atoms. The van der Waals surface area contributed by atoms with Gasteiger partial charge in [-0.25, -0.2) is 4.98 Å². The average molecular weight is 623 g/mol. The third-order valence-corrected chi connectivity index (χ3v) is 11.2. The Bertz CT molecular complexity index is 2020. The molecule has 1 N–H and O–H groups in total.